The largest absolute Gasteiger partial charge is 0.478 e. The van der Waals surface area contributed by atoms with Gasteiger partial charge in [-0.15, -0.1) is 0 Å². The van der Waals surface area contributed by atoms with Crippen LogP contribution in [-0.4, -0.2) is 22.0 Å². The van der Waals surface area contributed by atoms with Gasteiger partial charge in [-0.3, -0.25) is 10.1 Å². The maximum atomic E-state index is 11.0. The highest BCUT2D eigenvalue weighted by molar-refractivity contribution is 5.90. The lowest BCUT2D eigenvalue weighted by atomic mass is 10.2. The quantitative estimate of drug-likeness (QED) is 0.365. The zero-order chi connectivity index (χ0) is 13.5. The van der Waals surface area contributed by atoms with Gasteiger partial charge in [0.2, 0.25) is 0 Å². The van der Waals surface area contributed by atoms with E-state index in [4.69, 9.17) is 9.84 Å². The number of non-ortho nitro benzene ring substituents is 1. The summed E-state index contributed by atoms with van der Waals surface area (Å²) < 4.78 is 4.72. The minimum Gasteiger partial charge on any atom is -0.478 e. The standard InChI is InChI=1S/C11H9NO6/c13-10(14)5-6-11(15)18-7-8-1-3-9(4-2-8)12(16)17/h1-6H,7H2,(H,13,14)/b6-5+. The highest BCUT2D eigenvalue weighted by Crippen LogP contribution is 2.12. The molecule has 0 saturated carbocycles. The van der Waals surface area contributed by atoms with Gasteiger partial charge >= 0.3 is 11.9 Å². The highest BCUT2D eigenvalue weighted by atomic mass is 16.6. The molecule has 0 spiro atoms. The van der Waals surface area contributed by atoms with Crippen molar-refractivity contribution in [2.45, 2.75) is 6.61 Å². The van der Waals surface area contributed by atoms with Crippen LogP contribution in [0, 0.1) is 10.1 Å². The fourth-order valence-corrected chi connectivity index (χ4v) is 1.06. The van der Waals surface area contributed by atoms with Crippen molar-refractivity contribution in [1.29, 1.82) is 0 Å². The second-order valence-electron chi connectivity index (χ2n) is 3.20. The Hall–Kier alpha value is -2.70. The van der Waals surface area contributed by atoms with E-state index < -0.39 is 16.9 Å². The summed E-state index contributed by atoms with van der Waals surface area (Å²) in [6.07, 6.45) is 1.45. The van der Waals surface area contributed by atoms with Crippen LogP contribution in [0.3, 0.4) is 0 Å². The second kappa shape index (κ2) is 6.14. The molecule has 0 aliphatic rings. The number of benzene rings is 1. The topological polar surface area (TPSA) is 107 Å². The second-order valence-corrected chi connectivity index (χ2v) is 3.20. The van der Waals surface area contributed by atoms with Gasteiger partial charge in [0, 0.05) is 24.3 Å². The zero-order valence-corrected chi connectivity index (χ0v) is 9.11. The molecule has 94 valence electrons. The molecule has 1 N–H and O–H groups in total. The molecule has 7 heteroatoms. The van der Waals surface area contributed by atoms with Gasteiger partial charge in [0.15, 0.2) is 0 Å². The van der Waals surface area contributed by atoms with Crippen LogP contribution < -0.4 is 0 Å². The average molecular weight is 251 g/mol. The molecule has 0 fully saturated rings. The molecule has 18 heavy (non-hydrogen) atoms. The first-order valence-electron chi connectivity index (χ1n) is 4.80. The molecule has 7 nitrogen and oxygen atoms in total. The number of nitrogens with zero attached hydrogens (tertiary/aromatic N) is 1. The Labute approximate surface area is 101 Å². The van der Waals surface area contributed by atoms with Crippen LogP contribution in [0.4, 0.5) is 5.69 Å². The van der Waals surface area contributed by atoms with Crippen molar-refractivity contribution in [1.82, 2.24) is 0 Å². The lowest BCUT2D eigenvalue weighted by Crippen LogP contribution is -2.02. The Kier molecular flexibility index (Phi) is 4.56. The number of rotatable bonds is 5. The molecule has 0 aliphatic carbocycles. The van der Waals surface area contributed by atoms with Crippen molar-refractivity contribution in [2.75, 3.05) is 0 Å². The molecule has 1 rings (SSSR count). The third-order valence-electron chi connectivity index (χ3n) is 1.89. The number of carboxylic acid groups (broad SMARTS) is 1. The van der Waals surface area contributed by atoms with E-state index >= 15 is 0 Å². The molecule has 0 aliphatic heterocycles. The number of ether oxygens (including phenoxy) is 1. The molecule has 1 aromatic rings. The number of hydrogen-bond donors (Lipinski definition) is 1. The van der Waals surface area contributed by atoms with Crippen LogP contribution in [-0.2, 0) is 20.9 Å². The summed E-state index contributed by atoms with van der Waals surface area (Å²) in [7, 11) is 0. The van der Waals surface area contributed by atoms with Gasteiger partial charge in [-0.05, 0) is 17.7 Å². The van der Waals surface area contributed by atoms with Gasteiger partial charge in [0.05, 0.1) is 4.92 Å². The normalized spacial score (nSPS) is 10.2. The molecule has 0 radical (unpaired) electrons. The minimum atomic E-state index is -1.25. The third kappa shape index (κ3) is 4.44. The summed E-state index contributed by atoms with van der Waals surface area (Å²) in [5.74, 6) is -2.04. The van der Waals surface area contributed by atoms with Gasteiger partial charge < -0.3 is 9.84 Å². The van der Waals surface area contributed by atoms with Gasteiger partial charge in [-0.25, -0.2) is 9.59 Å². The number of nitro groups is 1. The van der Waals surface area contributed by atoms with Crippen LogP contribution in [0.15, 0.2) is 36.4 Å². The van der Waals surface area contributed by atoms with Crippen molar-refractivity contribution in [3.63, 3.8) is 0 Å². The first-order chi connectivity index (χ1) is 8.49. The van der Waals surface area contributed by atoms with Gasteiger partial charge in [0.25, 0.3) is 5.69 Å². The van der Waals surface area contributed by atoms with E-state index in [9.17, 15) is 19.7 Å². The van der Waals surface area contributed by atoms with E-state index in [2.05, 4.69) is 0 Å². The summed E-state index contributed by atoms with van der Waals surface area (Å²) in [6, 6.07) is 5.48. The van der Waals surface area contributed by atoms with Gasteiger partial charge in [-0.1, -0.05) is 0 Å². The Bertz CT molecular complexity index is 491. The van der Waals surface area contributed by atoms with E-state index in [-0.39, 0.29) is 12.3 Å². The SMILES string of the molecule is O=C(O)/C=C/C(=O)OCc1ccc([N+](=O)[O-])cc1. The fourth-order valence-electron chi connectivity index (χ4n) is 1.06. The Morgan fingerprint density at radius 2 is 1.89 bits per heavy atom. The summed E-state index contributed by atoms with van der Waals surface area (Å²) in [6.45, 7) is -0.0826. The number of aliphatic carboxylic acids is 1. The monoisotopic (exact) mass is 251 g/mol. The number of nitro benzene ring substituents is 1. The first kappa shape index (κ1) is 13.4. The maximum absolute atomic E-state index is 11.0. The van der Waals surface area contributed by atoms with Crippen LogP contribution >= 0.6 is 0 Å². The van der Waals surface area contributed by atoms with E-state index in [1.54, 1.807) is 0 Å². The maximum Gasteiger partial charge on any atom is 0.331 e. The average Bonchev–Trinajstić information content (AvgIpc) is 2.34. The summed E-state index contributed by atoms with van der Waals surface area (Å²) in [4.78, 5) is 31.0. The van der Waals surface area contributed by atoms with Crippen LogP contribution in [0.25, 0.3) is 0 Å². The number of hydrogen-bond acceptors (Lipinski definition) is 5. The predicted octanol–water partition coefficient (Wildman–Crippen LogP) is 1.28. The summed E-state index contributed by atoms with van der Waals surface area (Å²) in [5.41, 5.74) is 0.508. The lowest BCUT2D eigenvalue weighted by molar-refractivity contribution is -0.384. The molecule has 0 atom stereocenters. The Balaban J connectivity index is 2.51. The molecule has 0 aromatic heterocycles. The predicted molar refractivity (Wildman–Crippen MR) is 59.7 cm³/mol. The molecule has 0 amide bonds. The number of esters is 1. The summed E-state index contributed by atoms with van der Waals surface area (Å²) in [5, 5.41) is 18.7. The molecular formula is C11H9NO6. The highest BCUT2D eigenvalue weighted by Gasteiger charge is 2.05. The number of carbonyl (C=O) groups is 2. The number of carbonyl (C=O) groups excluding carboxylic acids is 1. The third-order valence-corrected chi connectivity index (χ3v) is 1.89. The smallest absolute Gasteiger partial charge is 0.331 e. The zero-order valence-electron chi connectivity index (χ0n) is 9.11. The van der Waals surface area contributed by atoms with Crippen molar-refractivity contribution < 1.29 is 24.4 Å². The van der Waals surface area contributed by atoms with Crippen molar-refractivity contribution in [2.24, 2.45) is 0 Å². The van der Waals surface area contributed by atoms with Crippen LogP contribution in [0.5, 0.6) is 0 Å². The van der Waals surface area contributed by atoms with E-state index in [0.717, 1.165) is 6.08 Å². The first-order valence-corrected chi connectivity index (χ1v) is 4.80. The Morgan fingerprint density at radius 3 is 2.39 bits per heavy atom. The molecule has 0 bridgehead atoms. The number of carboxylic acids is 1. The van der Waals surface area contributed by atoms with E-state index in [1.807, 2.05) is 0 Å². The molecule has 0 saturated heterocycles. The van der Waals surface area contributed by atoms with Crippen molar-refractivity contribution in [3.8, 4) is 0 Å². The lowest BCUT2D eigenvalue weighted by Gasteiger charge is -2.01. The molecule has 0 heterocycles. The molecule has 0 unspecified atom stereocenters. The van der Waals surface area contributed by atoms with Crippen LogP contribution in [0.2, 0.25) is 0 Å². The van der Waals surface area contributed by atoms with Crippen LogP contribution in [0.1, 0.15) is 5.56 Å². The minimum absolute atomic E-state index is 0.0594. The fraction of sp³-hybridized carbons (Fsp3) is 0.0909. The molecular weight excluding hydrogens is 242 g/mol. The van der Waals surface area contributed by atoms with Crippen molar-refractivity contribution in [3.05, 3.63) is 52.1 Å². The van der Waals surface area contributed by atoms with E-state index in [1.165, 1.54) is 24.3 Å². The van der Waals surface area contributed by atoms with Crippen molar-refractivity contribution >= 4 is 17.6 Å². The Morgan fingerprint density at radius 1 is 1.28 bits per heavy atom. The van der Waals surface area contributed by atoms with Gasteiger partial charge in [0.1, 0.15) is 6.61 Å². The molecule has 1 aromatic carbocycles. The van der Waals surface area contributed by atoms with E-state index in [0.29, 0.717) is 11.6 Å². The summed E-state index contributed by atoms with van der Waals surface area (Å²) >= 11 is 0. The van der Waals surface area contributed by atoms with Gasteiger partial charge in [-0.2, -0.15) is 0 Å².